The van der Waals surface area contributed by atoms with Crippen LogP contribution in [0.3, 0.4) is 0 Å². The van der Waals surface area contributed by atoms with Crippen LogP contribution >= 0.6 is 0 Å². The molecule has 1 saturated heterocycles. The normalized spacial score (nSPS) is 31.4. The van der Waals surface area contributed by atoms with E-state index in [0.717, 1.165) is 25.7 Å². The van der Waals surface area contributed by atoms with Crippen LogP contribution in [0.1, 0.15) is 59.3 Å². The number of likely N-dealkylation sites (tertiary alicyclic amines) is 1. The molecule has 0 aromatic carbocycles. The standard InChI is InChI=1S/C16H28N2O3/c1-4-7-16(13(19)20)9-10-18(11-16)14(21)17-12-6-5-8-15(12,2)3/h12H,4-11H2,1-3H3,(H,17,21)(H,19,20). The van der Waals surface area contributed by atoms with Crippen LogP contribution in [0.2, 0.25) is 0 Å². The number of hydrogen-bond acceptors (Lipinski definition) is 2. The molecule has 1 aliphatic heterocycles. The first-order valence-electron chi connectivity index (χ1n) is 8.09. The average Bonchev–Trinajstić information content (AvgIpc) is 2.96. The van der Waals surface area contributed by atoms with Crippen LogP contribution in [0, 0.1) is 10.8 Å². The minimum Gasteiger partial charge on any atom is -0.481 e. The lowest BCUT2D eigenvalue weighted by molar-refractivity contribution is -0.148. The van der Waals surface area contributed by atoms with Gasteiger partial charge in [-0.15, -0.1) is 0 Å². The monoisotopic (exact) mass is 296 g/mol. The summed E-state index contributed by atoms with van der Waals surface area (Å²) in [5, 5.41) is 12.6. The molecule has 2 N–H and O–H groups in total. The highest BCUT2D eigenvalue weighted by molar-refractivity contribution is 5.80. The van der Waals surface area contributed by atoms with Crippen LogP contribution in [0.4, 0.5) is 4.79 Å². The maximum Gasteiger partial charge on any atom is 0.317 e. The van der Waals surface area contributed by atoms with Gasteiger partial charge >= 0.3 is 12.0 Å². The van der Waals surface area contributed by atoms with Crippen LogP contribution in [-0.2, 0) is 4.79 Å². The van der Waals surface area contributed by atoms with E-state index >= 15 is 0 Å². The number of urea groups is 1. The topological polar surface area (TPSA) is 69.6 Å². The molecule has 0 spiro atoms. The molecule has 0 aromatic heterocycles. The second-order valence-electron chi connectivity index (χ2n) is 7.39. The number of aliphatic carboxylic acids is 1. The summed E-state index contributed by atoms with van der Waals surface area (Å²) in [7, 11) is 0. The fourth-order valence-electron chi connectivity index (χ4n) is 3.84. The molecule has 2 amide bonds. The summed E-state index contributed by atoms with van der Waals surface area (Å²) in [5.41, 5.74) is -0.597. The predicted octanol–water partition coefficient (Wildman–Crippen LogP) is 2.85. The van der Waals surface area contributed by atoms with Gasteiger partial charge in [0.05, 0.1) is 5.41 Å². The van der Waals surface area contributed by atoms with Gasteiger partial charge in [0.25, 0.3) is 0 Å². The molecular weight excluding hydrogens is 268 g/mol. The van der Waals surface area contributed by atoms with Gasteiger partial charge in [-0.1, -0.05) is 33.6 Å². The van der Waals surface area contributed by atoms with E-state index < -0.39 is 11.4 Å². The lowest BCUT2D eigenvalue weighted by Crippen LogP contribution is -2.48. The predicted molar refractivity (Wildman–Crippen MR) is 81.1 cm³/mol. The van der Waals surface area contributed by atoms with Crippen molar-refractivity contribution < 1.29 is 14.7 Å². The van der Waals surface area contributed by atoms with Crippen molar-refractivity contribution in [2.75, 3.05) is 13.1 Å². The van der Waals surface area contributed by atoms with Gasteiger partial charge in [0, 0.05) is 19.1 Å². The highest BCUT2D eigenvalue weighted by Crippen LogP contribution is 2.38. The average molecular weight is 296 g/mol. The van der Waals surface area contributed by atoms with E-state index in [1.807, 2.05) is 6.92 Å². The summed E-state index contributed by atoms with van der Waals surface area (Å²) in [4.78, 5) is 25.7. The quantitative estimate of drug-likeness (QED) is 0.838. The molecule has 2 aliphatic rings. The molecular formula is C16H28N2O3. The molecule has 120 valence electrons. The van der Waals surface area contributed by atoms with E-state index in [2.05, 4.69) is 19.2 Å². The third-order valence-electron chi connectivity index (χ3n) is 5.38. The molecule has 2 unspecified atom stereocenters. The molecule has 0 bridgehead atoms. The number of nitrogens with zero attached hydrogens (tertiary/aromatic N) is 1. The van der Waals surface area contributed by atoms with E-state index in [4.69, 9.17) is 0 Å². The Kier molecular flexibility index (Phi) is 4.49. The second-order valence-corrected chi connectivity index (χ2v) is 7.39. The fourth-order valence-corrected chi connectivity index (χ4v) is 3.84. The summed E-state index contributed by atoms with van der Waals surface area (Å²) in [6.07, 6.45) is 5.33. The summed E-state index contributed by atoms with van der Waals surface area (Å²) in [5.74, 6) is -0.763. The first-order valence-corrected chi connectivity index (χ1v) is 8.09. The van der Waals surface area contributed by atoms with Gasteiger partial charge < -0.3 is 15.3 Å². The number of carbonyl (C=O) groups is 2. The number of nitrogens with one attached hydrogen (secondary N) is 1. The van der Waals surface area contributed by atoms with Gasteiger partial charge in [0.15, 0.2) is 0 Å². The Morgan fingerprint density at radius 3 is 2.57 bits per heavy atom. The summed E-state index contributed by atoms with van der Waals surface area (Å²) in [6, 6.07) is 0.116. The van der Waals surface area contributed by atoms with Gasteiger partial charge in [-0.3, -0.25) is 4.79 Å². The van der Waals surface area contributed by atoms with Crippen LogP contribution in [0.15, 0.2) is 0 Å². The Hall–Kier alpha value is -1.26. The van der Waals surface area contributed by atoms with Crippen molar-refractivity contribution in [3.63, 3.8) is 0 Å². The zero-order valence-corrected chi connectivity index (χ0v) is 13.4. The van der Waals surface area contributed by atoms with E-state index in [9.17, 15) is 14.7 Å². The molecule has 2 fully saturated rings. The van der Waals surface area contributed by atoms with Crippen molar-refractivity contribution in [1.82, 2.24) is 10.2 Å². The molecule has 2 atom stereocenters. The molecule has 5 nitrogen and oxygen atoms in total. The number of hydrogen-bond donors (Lipinski definition) is 2. The van der Waals surface area contributed by atoms with Crippen molar-refractivity contribution in [2.45, 2.75) is 65.3 Å². The lowest BCUT2D eigenvalue weighted by atomic mass is 9.83. The maximum atomic E-state index is 12.4. The van der Waals surface area contributed by atoms with Crippen molar-refractivity contribution >= 4 is 12.0 Å². The first-order chi connectivity index (χ1) is 9.81. The van der Waals surface area contributed by atoms with Crippen LogP contribution in [0.25, 0.3) is 0 Å². The van der Waals surface area contributed by atoms with Crippen molar-refractivity contribution in [3.8, 4) is 0 Å². The maximum absolute atomic E-state index is 12.4. The number of rotatable bonds is 4. The number of carboxylic acids is 1. The Bertz CT molecular complexity index is 422. The lowest BCUT2D eigenvalue weighted by Gasteiger charge is -2.30. The SMILES string of the molecule is CCCC1(C(=O)O)CCN(C(=O)NC2CCCC2(C)C)C1. The second kappa shape index (κ2) is 5.85. The Balaban J connectivity index is 1.97. The molecule has 1 aliphatic carbocycles. The number of carboxylic acid groups (broad SMARTS) is 1. The minimum atomic E-state index is -0.763. The van der Waals surface area contributed by atoms with Gasteiger partial charge in [0.2, 0.25) is 0 Å². The van der Waals surface area contributed by atoms with Crippen LogP contribution in [-0.4, -0.2) is 41.1 Å². The van der Waals surface area contributed by atoms with Crippen LogP contribution in [0.5, 0.6) is 0 Å². The van der Waals surface area contributed by atoms with Crippen molar-refractivity contribution in [2.24, 2.45) is 10.8 Å². The van der Waals surface area contributed by atoms with E-state index in [0.29, 0.717) is 25.9 Å². The summed E-state index contributed by atoms with van der Waals surface area (Å²) in [6.45, 7) is 7.26. The molecule has 21 heavy (non-hydrogen) atoms. The van der Waals surface area contributed by atoms with Gasteiger partial charge in [-0.25, -0.2) is 4.79 Å². The van der Waals surface area contributed by atoms with Gasteiger partial charge in [-0.2, -0.15) is 0 Å². The summed E-state index contributed by atoms with van der Waals surface area (Å²) >= 11 is 0. The molecule has 2 rings (SSSR count). The van der Waals surface area contributed by atoms with Gasteiger partial charge in [-0.05, 0) is 31.1 Å². The van der Waals surface area contributed by atoms with Gasteiger partial charge in [0.1, 0.15) is 0 Å². The van der Waals surface area contributed by atoms with Crippen molar-refractivity contribution in [3.05, 3.63) is 0 Å². The largest absolute Gasteiger partial charge is 0.481 e. The minimum absolute atomic E-state index is 0.0887. The molecule has 5 heteroatoms. The summed E-state index contributed by atoms with van der Waals surface area (Å²) < 4.78 is 0. The smallest absolute Gasteiger partial charge is 0.317 e. The zero-order chi connectivity index (χ0) is 15.7. The Labute approximate surface area is 127 Å². The molecule has 0 radical (unpaired) electrons. The Morgan fingerprint density at radius 1 is 1.33 bits per heavy atom. The van der Waals surface area contributed by atoms with Crippen LogP contribution < -0.4 is 5.32 Å². The number of amides is 2. The fraction of sp³-hybridized carbons (Fsp3) is 0.875. The number of carbonyl (C=O) groups excluding carboxylic acids is 1. The van der Waals surface area contributed by atoms with Crippen molar-refractivity contribution in [1.29, 1.82) is 0 Å². The zero-order valence-electron chi connectivity index (χ0n) is 13.4. The third-order valence-corrected chi connectivity index (χ3v) is 5.38. The molecule has 1 heterocycles. The first kappa shape index (κ1) is 16.1. The highest BCUT2D eigenvalue weighted by Gasteiger charge is 2.46. The Morgan fingerprint density at radius 2 is 2.05 bits per heavy atom. The van der Waals surface area contributed by atoms with E-state index in [1.54, 1.807) is 4.90 Å². The van der Waals surface area contributed by atoms with E-state index in [1.165, 1.54) is 0 Å². The van der Waals surface area contributed by atoms with E-state index in [-0.39, 0.29) is 17.5 Å². The third kappa shape index (κ3) is 3.16. The highest BCUT2D eigenvalue weighted by atomic mass is 16.4. The molecule has 0 aromatic rings. The molecule has 1 saturated carbocycles.